The average Bonchev–Trinajstić information content (AvgIpc) is 2.13. The summed E-state index contributed by atoms with van der Waals surface area (Å²) in [5.74, 6) is -0.575. The van der Waals surface area contributed by atoms with Gasteiger partial charge in [-0.2, -0.15) is 0 Å². The van der Waals surface area contributed by atoms with Gasteiger partial charge in [0.2, 0.25) is 11.8 Å². The third kappa shape index (κ3) is 4.73. The monoisotopic (exact) mass is 244 g/mol. The molecule has 0 aromatic carbocycles. The molecule has 0 aliphatic heterocycles. The highest BCUT2D eigenvalue weighted by atomic mass is 16.5. The van der Waals surface area contributed by atoms with Gasteiger partial charge >= 0.3 is 0 Å². The van der Waals surface area contributed by atoms with Gasteiger partial charge in [0.25, 0.3) is 0 Å². The van der Waals surface area contributed by atoms with Gasteiger partial charge in [-0.1, -0.05) is 27.7 Å². The lowest BCUT2D eigenvalue weighted by Crippen LogP contribution is -2.45. The topological polar surface area (TPSA) is 78.4 Å². The summed E-state index contributed by atoms with van der Waals surface area (Å²) in [4.78, 5) is 23.4. The van der Waals surface area contributed by atoms with Gasteiger partial charge in [0.15, 0.2) is 0 Å². The van der Waals surface area contributed by atoms with E-state index in [1.807, 2.05) is 13.8 Å². The minimum atomic E-state index is -0.799. The van der Waals surface area contributed by atoms with Crippen LogP contribution in [0.1, 0.15) is 48.0 Å². The van der Waals surface area contributed by atoms with Gasteiger partial charge in [-0.25, -0.2) is 5.48 Å². The molecule has 0 atom stereocenters. The number of rotatable bonds is 5. The van der Waals surface area contributed by atoms with Crippen molar-refractivity contribution in [3.05, 3.63) is 0 Å². The van der Waals surface area contributed by atoms with Gasteiger partial charge in [0.1, 0.15) is 0 Å². The second-order valence-corrected chi connectivity index (χ2v) is 6.01. The first-order valence-electron chi connectivity index (χ1n) is 5.78. The smallest absolute Gasteiger partial charge is 0.249 e. The van der Waals surface area contributed by atoms with Crippen LogP contribution in [0.4, 0.5) is 0 Å². The predicted octanol–water partition coefficient (Wildman–Crippen LogP) is 1.46. The van der Waals surface area contributed by atoms with Crippen LogP contribution in [-0.2, 0) is 9.59 Å². The molecule has 3 N–H and O–H groups in total. The van der Waals surface area contributed by atoms with Gasteiger partial charge in [-0.3, -0.25) is 14.8 Å². The van der Waals surface area contributed by atoms with E-state index in [4.69, 9.17) is 5.21 Å². The molecular formula is C12H24N2O3. The molecule has 5 heteroatoms. The van der Waals surface area contributed by atoms with E-state index in [9.17, 15) is 9.59 Å². The number of hydrogen-bond acceptors (Lipinski definition) is 3. The van der Waals surface area contributed by atoms with E-state index in [0.717, 1.165) is 0 Å². The molecule has 0 saturated heterocycles. The van der Waals surface area contributed by atoms with Gasteiger partial charge in [0.05, 0.1) is 0 Å². The van der Waals surface area contributed by atoms with Crippen LogP contribution < -0.4 is 10.8 Å². The number of hydrogen-bond donors (Lipinski definition) is 3. The molecule has 2 amide bonds. The van der Waals surface area contributed by atoms with Crippen molar-refractivity contribution in [2.45, 2.75) is 54.0 Å². The highest BCUT2D eigenvalue weighted by Gasteiger charge is 2.38. The molecule has 0 spiro atoms. The van der Waals surface area contributed by atoms with E-state index in [1.165, 1.54) is 0 Å². The first-order valence-corrected chi connectivity index (χ1v) is 5.78. The van der Waals surface area contributed by atoms with Crippen LogP contribution >= 0.6 is 0 Å². The molecule has 0 rings (SSSR count). The van der Waals surface area contributed by atoms with Gasteiger partial charge < -0.3 is 5.32 Å². The molecular weight excluding hydrogens is 220 g/mol. The molecule has 0 radical (unpaired) electrons. The maximum Gasteiger partial charge on any atom is 0.249 e. The molecule has 0 fully saturated rings. The normalized spacial score (nSPS) is 12.5. The minimum absolute atomic E-state index is 0.0663. The summed E-state index contributed by atoms with van der Waals surface area (Å²) in [6.07, 6.45) is 0.352. The quantitative estimate of drug-likeness (QED) is 0.506. The van der Waals surface area contributed by atoms with Crippen molar-refractivity contribution in [2.24, 2.45) is 10.8 Å². The molecule has 0 bridgehead atoms. The molecule has 0 aromatic rings. The Morgan fingerprint density at radius 2 is 1.47 bits per heavy atom. The van der Waals surface area contributed by atoms with Crippen molar-refractivity contribution in [1.29, 1.82) is 0 Å². The largest absolute Gasteiger partial charge is 0.353 e. The zero-order valence-electron chi connectivity index (χ0n) is 11.5. The van der Waals surface area contributed by atoms with Crippen LogP contribution in [0.5, 0.6) is 0 Å². The molecule has 0 aliphatic carbocycles. The summed E-state index contributed by atoms with van der Waals surface area (Å²) in [5.41, 5.74) is 0.171. The second kappa shape index (κ2) is 5.49. The van der Waals surface area contributed by atoms with Crippen LogP contribution in [0.25, 0.3) is 0 Å². The van der Waals surface area contributed by atoms with Crippen LogP contribution in [0.2, 0.25) is 0 Å². The predicted molar refractivity (Wildman–Crippen MR) is 65.4 cm³/mol. The number of carbonyl (C=O) groups excluding carboxylic acids is 2. The fraction of sp³-hybridized carbons (Fsp3) is 0.833. The Balaban J connectivity index is 4.74. The van der Waals surface area contributed by atoms with E-state index in [-0.39, 0.29) is 11.9 Å². The lowest BCUT2D eigenvalue weighted by atomic mass is 9.74. The minimum Gasteiger partial charge on any atom is -0.353 e. The highest BCUT2D eigenvalue weighted by Crippen LogP contribution is 2.34. The van der Waals surface area contributed by atoms with E-state index in [2.05, 4.69) is 5.32 Å². The fourth-order valence-electron chi connectivity index (χ4n) is 1.87. The lowest BCUT2D eigenvalue weighted by molar-refractivity contribution is -0.142. The standard InChI is InChI=1S/C12H24N2O3/c1-8(2)13-9(15)11(3,4)7-12(5,6)10(16)14-17/h8,17H,7H2,1-6H3,(H,13,15)(H,14,16). The van der Waals surface area contributed by atoms with Crippen LogP contribution in [0.15, 0.2) is 0 Å². The summed E-state index contributed by atoms with van der Waals surface area (Å²) in [7, 11) is 0. The van der Waals surface area contributed by atoms with E-state index >= 15 is 0 Å². The van der Waals surface area contributed by atoms with Crippen molar-refractivity contribution in [3.8, 4) is 0 Å². The Bertz CT molecular complexity index is 296. The highest BCUT2D eigenvalue weighted by molar-refractivity contribution is 5.85. The molecule has 0 aromatic heterocycles. The summed E-state index contributed by atoms with van der Waals surface area (Å²) in [6, 6.07) is 0.0663. The van der Waals surface area contributed by atoms with Crippen molar-refractivity contribution in [1.82, 2.24) is 10.8 Å². The summed E-state index contributed by atoms with van der Waals surface area (Å²) < 4.78 is 0. The number of carbonyl (C=O) groups is 2. The molecule has 0 saturated carbocycles. The first-order chi connectivity index (χ1) is 7.53. The summed E-state index contributed by atoms with van der Waals surface area (Å²) >= 11 is 0. The van der Waals surface area contributed by atoms with Gasteiger partial charge in [-0.15, -0.1) is 0 Å². The zero-order valence-corrected chi connectivity index (χ0v) is 11.5. The zero-order chi connectivity index (χ0) is 13.9. The maximum atomic E-state index is 12.0. The fourth-order valence-corrected chi connectivity index (χ4v) is 1.87. The van der Waals surface area contributed by atoms with Crippen molar-refractivity contribution in [2.75, 3.05) is 0 Å². The van der Waals surface area contributed by atoms with Crippen molar-refractivity contribution < 1.29 is 14.8 Å². The Kier molecular flexibility index (Phi) is 5.13. The Labute approximate surface area is 103 Å². The van der Waals surface area contributed by atoms with Crippen molar-refractivity contribution in [3.63, 3.8) is 0 Å². The van der Waals surface area contributed by atoms with E-state index in [0.29, 0.717) is 6.42 Å². The SMILES string of the molecule is CC(C)NC(=O)C(C)(C)CC(C)(C)C(=O)NO. The Morgan fingerprint density at radius 1 is 1.06 bits per heavy atom. The van der Waals surface area contributed by atoms with E-state index in [1.54, 1.807) is 33.2 Å². The van der Waals surface area contributed by atoms with Gasteiger partial charge in [-0.05, 0) is 20.3 Å². The Morgan fingerprint density at radius 3 is 1.82 bits per heavy atom. The summed E-state index contributed by atoms with van der Waals surface area (Å²) in [6.45, 7) is 10.7. The van der Waals surface area contributed by atoms with Crippen LogP contribution in [0, 0.1) is 10.8 Å². The number of hydroxylamine groups is 1. The second-order valence-electron chi connectivity index (χ2n) is 6.01. The number of amides is 2. The number of nitrogens with one attached hydrogen (secondary N) is 2. The molecule has 17 heavy (non-hydrogen) atoms. The third-order valence-corrected chi connectivity index (χ3v) is 2.63. The molecule has 100 valence electrons. The van der Waals surface area contributed by atoms with Crippen LogP contribution in [0.3, 0.4) is 0 Å². The molecule has 0 heterocycles. The van der Waals surface area contributed by atoms with Crippen LogP contribution in [-0.4, -0.2) is 23.1 Å². The molecule has 0 unspecified atom stereocenters. The van der Waals surface area contributed by atoms with Crippen molar-refractivity contribution >= 4 is 11.8 Å². The molecule has 5 nitrogen and oxygen atoms in total. The summed E-state index contributed by atoms with van der Waals surface area (Å²) in [5, 5.41) is 11.5. The molecule has 0 aliphatic rings. The third-order valence-electron chi connectivity index (χ3n) is 2.63. The van der Waals surface area contributed by atoms with Gasteiger partial charge in [0, 0.05) is 16.9 Å². The van der Waals surface area contributed by atoms with E-state index < -0.39 is 16.7 Å². The average molecular weight is 244 g/mol. The lowest BCUT2D eigenvalue weighted by Gasteiger charge is -2.32. The maximum absolute atomic E-state index is 12.0. The first kappa shape index (κ1) is 15.9. The Hall–Kier alpha value is -1.10.